The number of nitrogens with one attached hydrogen (secondary N) is 1. The summed E-state index contributed by atoms with van der Waals surface area (Å²) in [4.78, 5) is 12.5. The number of hydrogen-bond acceptors (Lipinski definition) is 3. The average molecular weight is 445 g/mol. The van der Waals surface area contributed by atoms with Crippen LogP contribution in [0.3, 0.4) is 0 Å². The largest absolute Gasteiger partial charge is 0.352 e. The highest BCUT2D eigenvalue weighted by molar-refractivity contribution is 7.89. The first-order valence-electron chi connectivity index (χ1n) is 8.75. The summed E-state index contributed by atoms with van der Waals surface area (Å²) >= 11 is 12.0. The highest BCUT2D eigenvalue weighted by Crippen LogP contribution is 2.30. The van der Waals surface area contributed by atoms with Crippen LogP contribution in [0.5, 0.6) is 0 Å². The van der Waals surface area contributed by atoms with Gasteiger partial charge in [0.2, 0.25) is 15.9 Å². The smallest absolute Gasteiger partial charge is 0.244 e. The van der Waals surface area contributed by atoms with E-state index in [2.05, 4.69) is 5.32 Å². The van der Waals surface area contributed by atoms with Crippen LogP contribution >= 0.6 is 23.2 Å². The number of piperidine rings is 1. The summed E-state index contributed by atoms with van der Waals surface area (Å²) in [5.74, 6) is -1.05. The van der Waals surface area contributed by atoms with Crippen LogP contribution in [0.1, 0.15) is 18.4 Å². The molecule has 1 fully saturated rings. The van der Waals surface area contributed by atoms with Gasteiger partial charge in [-0.3, -0.25) is 4.79 Å². The van der Waals surface area contributed by atoms with Crippen LogP contribution in [0.25, 0.3) is 0 Å². The lowest BCUT2D eigenvalue weighted by atomic mass is 9.99. The van der Waals surface area contributed by atoms with Crippen LogP contribution < -0.4 is 5.32 Å². The molecule has 1 aliphatic rings. The highest BCUT2D eigenvalue weighted by atomic mass is 35.5. The molecule has 0 aliphatic carbocycles. The maximum absolute atomic E-state index is 13.0. The Morgan fingerprint density at radius 3 is 2.61 bits per heavy atom. The third kappa shape index (κ3) is 4.84. The van der Waals surface area contributed by atoms with Crippen molar-refractivity contribution in [2.75, 3.05) is 13.1 Å². The molecule has 0 bridgehead atoms. The first kappa shape index (κ1) is 21.0. The SMILES string of the molecule is O=C(NCc1ccc(F)cc1)[C@H]1CCCN(S(=O)(=O)c2cc(Cl)ccc2Cl)C1. The van der Waals surface area contributed by atoms with Crippen LogP contribution in [-0.4, -0.2) is 31.7 Å². The van der Waals surface area contributed by atoms with Crippen molar-refractivity contribution < 1.29 is 17.6 Å². The molecule has 28 heavy (non-hydrogen) atoms. The molecule has 1 N–H and O–H groups in total. The van der Waals surface area contributed by atoms with Crippen molar-refractivity contribution in [3.8, 4) is 0 Å². The third-order valence-corrected chi connectivity index (χ3v) is 7.23. The maximum Gasteiger partial charge on any atom is 0.244 e. The summed E-state index contributed by atoms with van der Waals surface area (Å²) in [6.07, 6.45) is 1.15. The van der Waals surface area contributed by atoms with Gasteiger partial charge < -0.3 is 5.32 Å². The van der Waals surface area contributed by atoms with Gasteiger partial charge in [-0.05, 0) is 48.7 Å². The molecular formula is C19H19Cl2FN2O3S. The molecule has 9 heteroatoms. The molecular weight excluding hydrogens is 426 g/mol. The van der Waals surface area contributed by atoms with Gasteiger partial charge in [-0.1, -0.05) is 35.3 Å². The molecule has 2 aromatic carbocycles. The second-order valence-corrected chi connectivity index (χ2v) is 9.37. The number of hydrogen-bond donors (Lipinski definition) is 1. The van der Waals surface area contributed by atoms with E-state index in [9.17, 15) is 17.6 Å². The zero-order valence-corrected chi connectivity index (χ0v) is 17.2. The molecule has 1 heterocycles. The van der Waals surface area contributed by atoms with Gasteiger partial charge >= 0.3 is 0 Å². The zero-order valence-electron chi connectivity index (χ0n) is 14.9. The molecule has 2 aromatic rings. The molecule has 3 rings (SSSR count). The van der Waals surface area contributed by atoms with Crippen molar-refractivity contribution in [2.24, 2.45) is 5.92 Å². The molecule has 150 valence electrons. The number of amides is 1. The number of sulfonamides is 1. The Morgan fingerprint density at radius 2 is 1.89 bits per heavy atom. The fourth-order valence-corrected chi connectivity index (χ4v) is 5.39. The van der Waals surface area contributed by atoms with Crippen molar-refractivity contribution in [3.63, 3.8) is 0 Å². The van der Waals surface area contributed by atoms with Crippen LogP contribution in [0, 0.1) is 11.7 Å². The molecule has 0 aromatic heterocycles. The minimum absolute atomic E-state index is 0.0611. The molecule has 1 atom stereocenters. The van der Waals surface area contributed by atoms with E-state index >= 15 is 0 Å². The zero-order chi connectivity index (χ0) is 20.3. The van der Waals surface area contributed by atoms with Crippen LogP contribution in [-0.2, 0) is 21.4 Å². The molecule has 0 unspecified atom stereocenters. The summed E-state index contributed by atoms with van der Waals surface area (Å²) in [6.45, 7) is 0.635. The van der Waals surface area contributed by atoms with Gasteiger partial charge in [-0.2, -0.15) is 4.31 Å². The van der Waals surface area contributed by atoms with E-state index in [-0.39, 0.29) is 39.8 Å². The van der Waals surface area contributed by atoms with Crippen molar-refractivity contribution in [1.29, 1.82) is 0 Å². The monoisotopic (exact) mass is 444 g/mol. The average Bonchev–Trinajstić information content (AvgIpc) is 2.69. The third-order valence-electron chi connectivity index (χ3n) is 4.65. The quantitative estimate of drug-likeness (QED) is 0.761. The lowest BCUT2D eigenvalue weighted by molar-refractivity contribution is -0.126. The first-order chi connectivity index (χ1) is 13.3. The van der Waals surface area contributed by atoms with Crippen molar-refractivity contribution in [3.05, 3.63) is 63.9 Å². The topological polar surface area (TPSA) is 66.5 Å². The number of rotatable bonds is 5. The highest BCUT2D eigenvalue weighted by Gasteiger charge is 2.34. The number of carbonyl (C=O) groups excluding carboxylic acids is 1. The van der Waals surface area contributed by atoms with Gasteiger partial charge in [0.15, 0.2) is 0 Å². The van der Waals surface area contributed by atoms with Crippen molar-refractivity contribution >= 4 is 39.1 Å². The second kappa shape index (κ2) is 8.78. The van der Waals surface area contributed by atoms with Crippen LogP contribution in [0.15, 0.2) is 47.4 Å². The van der Waals surface area contributed by atoms with E-state index in [4.69, 9.17) is 23.2 Å². The van der Waals surface area contributed by atoms with Crippen molar-refractivity contribution in [1.82, 2.24) is 9.62 Å². The van der Waals surface area contributed by atoms with E-state index in [0.29, 0.717) is 19.4 Å². The van der Waals surface area contributed by atoms with Gasteiger partial charge in [-0.25, -0.2) is 12.8 Å². The standard InChI is InChI=1S/C19H19Cl2FN2O3S/c20-15-5-8-17(21)18(10-15)28(26,27)24-9-1-2-14(12-24)19(25)23-11-13-3-6-16(22)7-4-13/h3-8,10,14H,1-2,9,11-12H2,(H,23,25)/t14-/m0/s1. The summed E-state index contributed by atoms with van der Waals surface area (Å²) in [5.41, 5.74) is 0.765. The number of carbonyl (C=O) groups is 1. The Labute approximate surface area is 173 Å². The Hall–Kier alpha value is -1.67. The van der Waals surface area contributed by atoms with E-state index < -0.39 is 15.9 Å². The first-order valence-corrected chi connectivity index (χ1v) is 10.9. The second-order valence-electron chi connectivity index (χ2n) is 6.62. The maximum atomic E-state index is 13.0. The van der Waals surface area contributed by atoms with Crippen molar-refractivity contribution in [2.45, 2.75) is 24.3 Å². The predicted octanol–water partition coefficient (Wildman–Crippen LogP) is 3.85. The minimum atomic E-state index is -3.86. The van der Waals surface area contributed by atoms with E-state index in [1.54, 1.807) is 12.1 Å². The van der Waals surface area contributed by atoms with Crippen LogP contribution in [0.2, 0.25) is 10.0 Å². The summed E-state index contributed by atoms with van der Waals surface area (Å²) in [6, 6.07) is 10.1. The van der Waals surface area contributed by atoms with Crippen LogP contribution in [0.4, 0.5) is 4.39 Å². The van der Waals surface area contributed by atoms with E-state index in [1.807, 2.05) is 0 Å². The fraction of sp³-hybridized carbons (Fsp3) is 0.316. The molecule has 1 saturated heterocycles. The summed E-state index contributed by atoms with van der Waals surface area (Å²) in [7, 11) is -3.86. The number of nitrogens with zero attached hydrogens (tertiary/aromatic N) is 1. The Morgan fingerprint density at radius 1 is 1.18 bits per heavy atom. The molecule has 0 spiro atoms. The Kier molecular flexibility index (Phi) is 6.60. The molecule has 1 amide bonds. The molecule has 1 aliphatic heterocycles. The molecule has 5 nitrogen and oxygen atoms in total. The molecule has 0 saturated carbocycles. The fourth-order valence-electron chi connectivity index (χ4n) is 3.12. The van der Waals surface area contributed by atoms with Gasteiger partial charge in [0.05, 0.1) is 10.9 Å². The minimum Gasteiger partial charge on any atom is -0.352 e. The number of benzene rings is 2. The predicted molar refractivity (Wildman–Crippen MR) is 106 cm³/mol. The van der Waals surface area contributed by atoms with Gasteiger partial charge in [0.25, 0.3) is 0 Å². The van der Waals surface area contributed by atoms with Gasteiger partial charge in [0, 0.05) is 24.7 Å². The Bertz CT molecular complexity index is 968. The van der Waals surface area contributed by atoms with E-state index in [0.717, 1.165) is 5.56 Å². The Balaban J connectivity index is 1.68. The molecule has 0 radical (unpaired) electrons. The normalized spacial score (nSPS) is 18.0. The van der Waals surface area contributed by atoms with Gasteiger partial charge in [0.1, 0.15) is 10.7 Å². The summed E-state index contributed by atoms with van der Waals surface area (Å²) in [5, 5.41) is 3.15. The lowest BCUT2D eigenvalue weighted by Gasteiger charge is -2.31. The van der Waals surface area contributed by atoms with E-state index in [1.165, 1.54) is 34.6 Å². The van der Waals surface area contributed by atoms with Gasteiger partial charge in [-0.15, -0.1) is 0 Å². The summed E-state index contributed by atoms with van der Waals surface area (Å²) < 4.78 is 40.1. The lowest BCUT2D eigenvalue weighted by Crippen LogP contribution is -2.45. The number of halogens is 3.